The molecule has 7 nitrogen and oxygen atoms in total. The summed E-state index contributed by atoms with van der Waals surface area (Å²) in [5, 5.41) is 17.9. The summed E-state index contributed by atoms with van der Waals surface area (Å²) in [5.41, 5.74) is 11.6. The van der Waals surface area contributed by atoms with Crippen LogP contribution in [0.2, 0.25) is 0 Å². The van der Waals surface area contributed by atoms with E-state index in [0.29, 0.717) is 5.69 Å². The van der Waals surface area contributed by atoms with Gasteiger partial charge >= 0.3 is 6.03 Å². The minimum atomic E-state index is -0.886. The van der Waals surface area contributed by atoms with Crippen LogP contribution in [0, 0.1) is 6.92 Å². The molecule has 0 atom stereocenters. The van der Waals surface area contributed by atoms with Crippen LogP contribution in [0.3, 0.4) is 0 Å². The van der Waals surface area contributed by atoms with E-state index in [9.17, 15) is 9.90 Å². The van der Waals surface area contributed by atoms with Crippen LogP contribution in [-0.4, -0.2) is 21.1 Å². The smallest absolute Gasteiger partial charge is 0.316 e. The molecule has 0 aliphatic heterocycles. The Morgan fingerprint density at radius 2 is 1.69 bits per heavy atom. The van der Waals surface area contributed by atoms with Crippen LogP contribution in [-0.2, 0) is 31.3 Å². The number of aryl methyl sites for hydroxylation is 3. The SMILES string of the molecule is Cc1nc(C(C)(C)O)ccc1SN.NC(=O)Nc1c2c(nc3c1CCC3)CCC2. The molecule has 0 saturated carbocycles. The van der Waals surface area contributed by atoms with Gasteiger partial charge in [0.05, 0.1) is 17.1 Å². The maximum Gasteiger partial charge on any atom is 0.316 e. The van der Waals surface area contributed by atoms with E-state index in [4.69, 9.17) is 15.9 Å². The lowest BCUT2D eigenvalue weighted by molar-refractivity contribution is 0.0736. The van der Waals surface area contributed by atoms with Gasteiger partial charge in [0.2, 0.25) is 0 Å². The van der Waals surface area contributed by atoms with E-state index in [1.807, 2.05) is 13.0 Å². The molecule has 0 bridgehead atoms. The molecule has 2 amide bonds. The second-order valence-electron chi connectivity index (χ2n) is 7.99. The number of amides is 2. The summed E-state index contributed by atoms with van der Waals surface area (Å²) in [4.78, 5) is 21.0. The Hall–Kier alpha value is -2.16. The number of nitrogens with two attached hydrogens (primary N) is 2. The van der Waals surface area contributed by atoms with Crippen LogP contribution >= 0.6 is 11.9 Å². The average Bonchev–Trinajstić information content (AvgIpc) is 3.30. The molecule has 0 fully saturated rings. The number of hydrogen-bond acceptors (Lipinski definition) is 6. The van der Waals surface area contributed by atoms with Crippen LogP contribution in [0.4, 0.5) is 10.5 Å². The van der Waals surface area contributed by atoms with Crippen molar-refractivity contribution in [2.24, 2.45) is 10.9 Å². The minimum absolute atomic E-state index is 0.464. The number of nitrogens with one attached hydrogen (secondary N) is 1. The van der Waals surface area contributed by atoms with Crippen LogP contribution in [0.25, 0.3) is 0 Å². The van der Waals surface area contributed by atoms with Gasteiger partial charge in [-0.25, -0.2) is 4.79 Å². The highest BCUT2D eigenvalue weighted by atomic mass is 32.2. The molecule has 29 heavy (non-hydrogen) atoms. The maximum absolute atomic E-state index is 11.1. The fourth-order valence-electron chi connectivity index (χ4n) is 3.87. The molecule has 2 aromatic heterocycles. The molecule has 2 aromatic rings. The van der Waals surface area contributed by atoms with E-state index >= 15 is 0 Å². The molecule has 2 heterocycles. The van der Waals surface area contributed by atoms with Gasteiger partial charge in [-0.05, 0) is 94.5 Å². The summed E-state index contributed by atoms with van der Waals surface area (Å²) in [6, 6.07) is 3.21. The number of anilines is 1. The molecule has 0 saturated heterocycles. The van der Waals surface area contributed by atoms with Gasteiger partial charge in [0, 0.05) is 16.3 Å². The summed E-state index contributed by atoms with van der Waals surface area (Å²) >= 11 is 1.17. The number of fused-ring (bicyclic) bond motifs is 2. The molecular formula is C21H29N5O2S. The fraction of sp³-hybridized carbons (Fsp3) is 0.476. The van der Waals surface area contributed by atoms with Crippen molar-refractivity contribution in [2.75, 3.05) is 5.32 Å². The monoisotopic (exact) mass is 415 g/mol. The summed E-state index contributed by atoms with van der Waals surface area (Å²) in [5.74, 6) is 0. The van der Waals surface area contributed by atoms with Gasteiger partial charge in [0.15, 0.2) is 0 Å². The molecule has 2 aliphatic carbocycles. The van der Waals surface area contributed by atoms with Crippen molar-refractivity contribution in [3.63, 3.8) is 0 Å². The molecule has 0 radical (unpaired) electrons. The second kappa shape index (κ2) is 8.69. The number of aromatic nitrogens is 2. The topological polar surface area (TPSA) is 127 Å². The quantitative estimate of drug-likeness (QED) is 0.570. The Kier molecular flexibility index (Phi) is 6.45. The number of aliphatic hydroxyl groups is 1. The summed E-state index contributed by atoms with van der Waals surface area (Å²) < 4.78 is 0. The van der Waals surface area contributed by atoms with Crippen molar-refractivity contribution in [1.29, 1.82) is 0 Å². The molecule has 0 aromatic carbocycles. The molecule has 2 aliphatic rings. The molecule has 6 N–H and O–H groups in total. The third kappa shape index (κ3) is 4.88. The fourth-order valence-corrected chi connectivity index (χ4v) is 4.24. The zero-order valence-electron chi connectivity index (χ0n) is 17.2. The predicted molar refractivity (Wildman–Crippen MR) is 116 cm³/mol. The average molecular weight is 416 g/mol. The Morgan fingerprint density at radius 1 is 1.10 bits per heavy atom. The molecule has 156 valence electrons. The third-order valence-electron chi connectivity index (χ3n) is 5.29. The lowest BCUT2D eigenvalue weighted by Crippen LogP contribution is -2.21. The molecule has 8 heteroatoms. The van der Waals surface area contributed by atoms with Gasteiger partial charge in [-0.15, -0.1) is 0 Å². The first-order valence-corrected chi connectivity index (χ1v) is 10.8. The first-order chi connectivity index (χ1) is 13.7. The van der Waals surface area contributed by atoms with Gasteiger partial charge in [-0.3, -0.25) is 15.1 Å². The van der Waals surface area contributed by atoms with Crippen molar-refractivity contribution in [3.05, 3.63) is 46.0 Å². The Morgan fingerprint density at radius 3 is 2.14 bits per heavy atom. The zero-order valence-corrected chi connectivity index (χ0v) is 18.0. The number of carbonyl (C=O) groups excluding carboxylic acids is 1. The van der Waals surface area contributed by atoms with Gasteiger partial charge in [0.25, 0.3) is 0 Å². The molecule has 0 spiro atoms. The van der Waals surface area contributed by atoms with Gasteiger partial charge in [0.1, 0.15) is 5.60 Å². The number of rotatable bonds is 3. The van der Waals surface area contributed by atoms with Crippen LogP contribution in [0.1, 0.15) is 60.6 Å². The highest BCUT2D eigenvalue weighted by Crippen LogP contribution is 2.36. The lowest BCUT2D eigenvalue weighted by Gasteiger charge is -2.17. The van der Waals surface area contributed by atoms with Crippen LogP contribution in [0.5, 0.6) is 0 Å². The molecule has 0 unspecified atom stereocenters. The lowest BCUT2D eigenvalue weighted by atomic mass is 10.0. The first-order valence-electron chi connectivity index (χ1n) is 9.88. The van der Waals surface area contributed by atoms with E-state index in [1.54, 1.807) is 19.9 Å². The van der Waals surface area contributed by atoms with E-state index in [1.165, 1.54) is 34.5 Å². The highest BCUT2D eigenvalue weighted by Gasteiger charge is 2.25. The number of carbonyl (C=O) groups is 1. The number of primary amides is 1. The predicted octanol–water partition coefficient (Wildman–Crippen LogP) is 3.13. The Balaban J connectivity index is 0.000000170. The van der Waals surface area contributed by atoms with Crippen LogP contribution < -0.4 is 16.2 Å². The molecule has 4 rings (SSSR count). The van der Waals surface area contributed by atoms with E-state index in [-0.39, 0.29) is 0 Å². The summed E-state index contributed by atoms with van der Waals surface area (Å²) in [7, 11) is 0. The van der Waals surface area contributed by atoms with Crippen molar-refractivity contribution >= 4 is 23.7 Å². The van der Waals surface area contributed by atoms with E-state index < -0.39 is 11.6 Å². The van der Waals surface area contributed by atoms with Crippen LogP contribution in [0.15, 0.2) is 17.0 Å². The first kappa shape index (κ1) is 21.5. The largest absolute Gasteiger partial charge is 0.384 e. The standard InChI is InChI=1S/C12H15N3O.C9H14N2OS/c13-12(16)15-11-7-3-1-5-9(7)14-10-6-2-4-8(10)11;1-6-7(13-10)4-5-8(11-6)9(2,3)12/h1-6H2,(H3,13,14,15,16);4-5,12H,10H2,1-3H3. The number of urea groups is 1. The number of nitrogens with zero attached hydrogens (tertiary/aromatic N) is 2. The van der Waals surface area contributed by atoms with Crippen molar-refractivity contribution < 1.29 is 9.90 Å². The Bertz CT molecular complexity index is 892. The minimum Gasteiger partial charge on any atom is -0.384 e. The van der Waals surface area contributed by atoms with Gasteiger partial charge < -0.3 is 16.2 Å². The van der Waals surface area contributed by atoms with Gasteiger partial charge in [-0.2, -0.15) is 0 Å². The van der Waals surface area contributed by atoms with Gasteiger partial charge in [-0.1, -0.05) is 0 Å². The van der Waals surface area contributed by atoms with E-state index in [2.05, 4.69) is 10.3 Å². The Labute approximate surface area is 175 Å². The third-order valence-corrected chi connectivity index (χ3v) is 5.98. The summed E-state index contributed by atoms with van der Waals surface area (Å²) in [6.07, 6.45) is 6.39. The number of hydrogen-bond donors (Lipinski definition) is 4. The van der Waals surface area contributed by atoms with E-state index in [0.717, 1.165) is 54.8 Å². The maximum atomic E-state index is 11.1. The molecular weight excluding hydrogens is 386 g/mol. The summed E-state index contributed by atoms with van der Waals surface area (Å²) in [6.45, 7) is 5.30. The second-order valence-corrected chi connectivity index (χ2v) is 8.67. The zero-order chi connectivity index (χ0) is 21.2. The number of pyridine rings is 2. The van der Waals surface area contributed by atoms with Crippen molar-refractivity contribution in [3.8, 4) is 0 Å². The normalized spacial score (nSPS) is 14.7. The van der Waals surface area contributed by atoms with Crippen molar-refractivity contribution in [2.45, 2.75) is 69.8 Å². The van der Waals surface area contributed by atoms with Crippen molar-refractivity contribution in [1.82, 2.24) is 9.97 Å². The highest BCUT2D eigenvalue weighted by molar-refractivity contribution is 7.97.